The molecule has 1 saturated heterocycles. The van der Waals surface area contributed by atoms with Crippen molar-refractivity contribution in [1.82, 2.24) is 19.5 Å². The van der Waals surface area contributed by atoms with Crippen molar-refractivity contribution >= 4 is 22.9 Å². The molecular weight excluding hydrogens is 716 g/mol. The molecule has 290 valence electrons. The van der Waals surface area contributed by atoms with Crippen LogP contribution in [-0.2, 0) is 24.6 Å². The fourth-order valence-electron chi connectivity index (χ4n) is 6.77. The van der Waals surface area contributed by atoms with Gasteiger partial charge in [0, 0.05) is 5.56 Å². The molecule has 4 aromatic carbocycles. The number of hydrogen-bond acceptors (Lipinski definition) is 12. The molecule has 7 rings (SSSR count). The third kappa shape index (κ3) is 7.71. The molecule has 2 unspecified atom stereocenters. The summed E-state index contributed by atoms with van der Waals surface area (Å²) in [7, 11) is 3.23. The third-order valence-electron chi connectivity index (χ3n) is 9.79. The number of fused-ring (bicyclic) bond motifs is 1. The van der Waals surface area contributed by atoms with Crippen molar-refractivity contribution < 1.29 is 38.4 Å². The Kier molecular flexibility index (Phi) is 11.4. The van der Waals surface area contributed by atoms with Crippen LogP contribution in [-0.4, -0.2) is 81.9 Å². The van der Waals surface area contributed by atoms with Crippen LogP contribution in [0.5, 0.6) is 11.5 Å². The normalized spacial score (nSPS) is 18.5. The highest BCUT2D eigenvalue weighted by atomic mass is 16.7. The number of rotatable bonds is 15. The van der Waals surface area contributed by atoms with E-state index in [-0.39, 0.29) is 24.9 Å². The maximum Gasteiger partial charge on any atom is 0.256 e. The van der Waals surface area contributed by atoms with Crippen LogP contribution in [0.4, 0.5) is 5.82 Å². The maximum atomic E-state index is 13.1. The quantitative estimate of drug-likeness (QED) is 0.0898. The molecule has 14 nitrogen and oxygen atoms in total. The molecular formula is C42H44N6O8. The lowest BCUT2D eigenvalue weighted by Gasteiger charge is -2.37. The molecule has 1 amide bonds. The number of anilines is 1. The number of nitrogens with two attached hydrogens (primary N) is 1. The van der Waals surface area contributed by atoms with E-state index in [0.717, 1.165) is 16.7 Å². The first kappa shape index (κ1) is 38.5. The monoisotopic (exact) mass is 760 g/mol. The van der Waals surface area contributed by atoms with Gasteiger partial charge in [0.15, 0.2) is 23.2 Å². The summed E-state index contributed by atoms with van der Waals surface area (Å²) in [6.07, 6.45) is -1.18. The van der Waals surface area contributed by atoms with E-state index in [1.54, 1.807) is 56.9 Å². The lowest BCUT2D eigenvalue weighted by Crippen LogP contribution is -2.42. The zero-order valence-corrected chi connectivity index (χ0v) is 31.4. The topological polar surface area (TPSA) is 174 Å². The van der Waals surface area contributed by atoms with Gasteiger partial charge >= 0.3 is 0 Å². The average molecular weight is 761 g/mol. The van der Waals surface area contributed by atoms with E-state index in [4.69, 9.17) is 34.4 Å². The van der Waals surface area contributed by atoms with Crippen molar-refractivity contribution in [2.75, 3.05) is 32.8 Å². The number of benzene rings is 4. The number of aliphatic hydroxyl groups excluding tert-OH is 1. The molecule has 2 aromatic heterocycles. The second-order valence-corrected chi connectivity index (χ2v) is 13.9. The van der Waals surface area contributed by atoms with Crippen molar-refractivity contribution in [3.8, 4) is 11.5 Å². The highest BCUT2D eigenvalue weighted by molar-refractivity contribution is 6.06. The lowest BCUT2D eigenvalue weighted by atomic mass is 9.80. The van der Waals surface area contributed by atoms with Crippen molar-refractivity contribution in [3.05, 3.63) is 144 Å². The standard InChI is InChI=1S/C42H44N6O8/c1-41(2,56-43)24-53-36-35(49)33(55-40(36)48-26-46-34-37(44-25-45-38(34)48)47-39(50)27-11-7-5-8-12-27)23-54-42(28-13-9-6-10-14-28,29-15-19-31(51-3)20-16-29)30-17-21-32(52-4)22-18-30/h5-22,25-26,33,35-36,40,49H,23-24,43H2,1-4H3,(H,44,45,47,50)/t33-,35?,36?,40-/m1/s1. The largest absolute Gasteiger partial charge is 0.497 e. The number of nitrogens with one attached hydrogen (secondary N) is 1. The smallest absolute Gasteiger partial charge is 0.256 e. The number of nitrogens with zero attached hydrogens (tertiary/aromatic N) is 4. The van der Waals surface area contributed by atoms with Crippen molar-refractivity contribution in [3.63, 3.8) is 0 Å². The predicted octanol–water partition coefficient (Wildman–Crippen LogP) is 5.42. The summed E-state index contributed by atoms with van der Waals surface area (Å²) >= 11 is 0. The Balaban J connectivity index is 1.25. The second kappa shape index (κ2) is 16.5. The van der Waals surface area contributed by atoms with Gasteiger partial charge in [-0.25, -0.2) is 20.8 Å². The molecule has 1 aliphatic rings. The van der Waals surface area contributed by atoms with Gasteiger partial charge in [0.1, 0.15) is 47.3 Å². The summed E-state index contributed by atoms with van der Waals surface area (Å²) < 4.78 is 32.7. The number of carbonyl (C=O) groups is 1. The van der Waals surface area contributed by atoms with Gasteiger partial charge in [-0.3, -0.25) is 14.2 Å². The van der Waals surface area contributed by atoms with Gasteiger partial charge in [-0.15, -0.1) is 0 Å². The van der Waals surface area contributed by atoms with E-state index < -0.39 is 35.7 Å². The number of amides is 1. The molecule has 1 fully saturated rings. The minimum absolute atomic E-state index is 0.0182. The molecule has 6 aromatic rings. The molecule has 0 spiro atoms. The Hall–Kier alpha value is -5.74. The summed E-state index contributed by atoms with van der Waals surface area (Å²) in [5.41, 5.74) is 1.54. The molecule has 14 heteroatoms. The first-order valence-corrected chi connectivity index (χ1v) is 18.0. The molecule has 3 heterocycles. The molecule has 0 radical (unpaired) electrons. The fraction of sp³-hybridized carbons (Fsp3) is 0.286. The van der Waals surface area contributed by atoms with Crippen LogP contribution in [0.2, 0.25) is 0 Å². The zero-order valence-electron chi connectivity index (χ0n) is 31.4. The van der Waals surface area contributed by atoms with E-state index in [1.807, 2.05) is 84.9 Å². The van der Waals surface area contributed by atoms with E-state index in [0.29, 0.717) is 28.2 Å². The average Bonchev–Trinajstić information content (AvgIpc) is 3.82. The number of ether oxygens (including phenoxy) is 5. The van der Waals surface area contributed by atoms with E-state index in [2.05, 4.69) is 20.3 Å². The maximum absolute atomic E-state index is 13.1. The SMILES string of the molecule is COc1ccc(C(OC[C@H]2O[C@@H](n3cnc4c(NC(=O)c5ccccc5)ncnc43)C(OCC(C)(C)ON)C2O)(c2ccccc2)c2ccc(OC)cc2)cc1. The molecule has 4 atom stereocenters. The van der Waals surface area contributed by atoms with Gasteiger partial charge in [-0.05, 0) is 66.9 Å². The van der Waals surface area contributed by atoms with Crippen LogP contribution < -0.4 is 20.7 Å². The molecule has 0 saturated carbocycles. The zero-order chi connectivity index (χ0) is 39.3. The summed E-state index contributed by atoms with van der Waals surface area (Å²) in [4.78, 5) is 31.6. The molecule has 1 aliphatic heterocycles. The van der Waals surface area contributed by atoms with Crippen LogP contribution in [0.25, 0.3) is 11.2 Å². The second-order valence-electron chi connectivity index (χ2n) is 13.9. The molecule has 0 aliphatic carbocycles. The van der Waals surface area contributed by atoms with Crippen LogP contribution in [0, 0.1) is 0 Å². The summed E-state index contributed by atoms with van der Waals surface area (Å²) in [6.45, 7) is 3.47. The lowest BCUT2D eigenvalue weighted by molar-refractivity contribution is -0.131. The van der Waals surface area contributed by atoms with Crippen LogP contribution in [0.1, 0.15) is 47.1 Å². The first-order valence-electron chi connectivity index (χ1n) is 18.0. The predicted molar refractivity (Wildman–Crippen MR) is 207 cm³/mol. The van der Waals surface area contributed by atoms with Crippen molar-refractivity contribution in [1.29, 1.82) is 0 Å². The van der Waals surface area contributed by atoms with E-state index >= 15 is 0 Å². The number of carbonyl (C=O) groups excluding carboxylic acids is 1. The molecule has 56 heavy (non-hydrogen) atoms. The van der Waals surface area contributed by atoms with Crippen LogP contribution in [0.15, 0.2) is 122 Å². The number of aliphatic hydroxyl groups is 1. The highest BCUT2D eigenvalue weighted by Gasteiger charge is 2.49. The van der Waals surface area contributed by atoms with Gasteiger partial charge < -0.3 is 34.1 Å². The highest BCUT2D eigenvalue weighted by Crippen LogP contribution is 2.43. The molecule has 0 bridgehead atoms. The summed E-state index contributed by atoms with van der Waals surface area (Å²) in [5, 5.41) is 14.9. The van der Waals surface area contributed by atoms with Gasteiger partial charge in [-0.2, -0.15) is 0 Å². The Morgan fingerprint density at radius 2 is 1.43 bits per heavy atom. The van der Waals surface area contributed by atoms with Crippen molar-refractivity contribution in [2.24, 2.45) is 5.90 Å². The minimum atomic E-state index is -1.20. The first-order chi connectivity index (χ1) is 27.2. The van der Waals surface area contributed by atoms with Crippen molar-refractivity contribution in [2.45, 2.75) is 49.6 Å². The Labute approximate surface area is 324 Å². The fourth-order valence-corrected chi connectivity index (χ4v) is 6.77. The van der Waals surface area contributed by atoms with Gasteiger partial charge in [-0.1, -0.05) is 72.8 Å². The number of imidazole rings is 1. The van der Waals surface area contributed by atoms with Crippen LogP contribution in [0.3, 0.4) is 0 Å². The third-order valence-corrected chi connectivity index (χ3v) is 9.79. The van der Waals surface area contributed by atoms with E-state index in [1.165, 1.54) is 12.7 Å². The minimum Gasteiger partial charge on any atom is -0.497 e. The Bertz CT molecular complexity index is 2170. The molecule has 4 N–H and O–H groups in total. The van der Waals surface area contributed by atoms with Gasteiger partial charge in [0.2, 0.25) is 0 Å². The summed E-state index contributed by atoms with van der Waals surface area (Å²) in [6, 6.07) is 34.0. The van der Waals surface area contributed by atoms with Gasteiger partial charge in [0.25, 0.3) is 5.91 Å². The summed E-state index contributed by atoms with van der Waals surface area (Å²) in [5.74, 6) is 6.80. The Morgan fingerprint density at radius 3 is 2.02 bits per heavy atom. The number of methoxy groups -OCH3 is 2. The number of hydrogen-bond donors (Lipinski definition) is 3. The Morgan fingerprint density at radius 1 is 0.839 bits per heavy atom. The van der Waals surface area contributed by atoms with E-state index in [9.17, 15) is 9.90 Å². The van der Waals surface area contributed by atoms with Crippen LogP contribution >= 0.6 is 0 Å². The number of aromatic nitrogens is 4. The van der Waals surface area contributed by atoms with Gasteiger partial charge in [0.05, 0.1) is 33.8 Å².